The molecule has 7 heteroatoms. The molecule has 1 saturated carbocycles. The molecule has 21 heavy (non-hydrogen) atoms. The fourth-order valence-electron chi connectivity index (χ4n) is 2.93. The van der Waals surface area contributed by atoms with E-state index < -0.39 is 15.6 Å². The molecule has 1 aliphatic carbocycles. The fraction of sp³-hybridized carbons (Fsp3) is 0.571. The lowest BCUT2D eigenvalue weighted by molar-refractivity contribution is 0.191. The largest absolute Gasteiger partial charge is 0.329 e. The third kappa shape index (κ3) is 3.62. The molecule has 1 fully saturated rings. The van der Waals surface area contributed by atoms with Gasteiger partial charge in [0.2, 0.25) is 10.0 Å². The molecule has 0 saturated heterocycles. The van der Waals surface area contributed by atoms with Gasteiger partial charge in [-0.05, 0) is 37.0 Å². The highest BCUT2D eigenvalue weighted by Crippen LogP contribution is 2.35. The van der Waals surface area contributed by atoms with E-state index >= 15 is 0 Å². The van der Waals surface area contributed by atoms with Crippen LogP contribution in [0.25, 0.3) is 0 Å². The van der Waals surface area contributed by atoms with Crippen molar-refractivity contribution in [1.82, 2.24) is 4.72 Å². The highest BCUT2D eigenvalue weighted by atomic mass is 79.9. The van der Waals surface area contributed by atoms with Gasteiger partial charge in [0.15, 0.2) is 0 Å². The van der Waals surface area contributed by atoms with Gasteiger partial charge in [0.05, 0.1) is 5.02 Å². The van der Waals surface area contributed by atoms with Crippen molar-refractivity contribution < 1.29 is 8.42 Å². The first-order valence-electron chi connectivity index (χ1n) is 7.00. The summed E-state index contributed by atoms with van der Waals surface area (Å²) in [5.74, 6) is 0.209. The second-order valence-electron chi connectivity index (χ2n) is 5.69. The highest BCUT2D eigenvalue weighted by molar-refractivity contribution is 9.10. The molecule has 0 spiro atoms. The van der Waals surface area contributed by atoms with Crippen LogP contribution in [-0.2, 0) is 10.0 Å². The van der Waals surface area contributed by atoms with E-state index in [0.717, 1.165) is 30.2 Å². The van der Waals surface area contributed by atoms with Crippen LogP contribution in [0.4, 0.5) is 0 Å². The fourth-order valence-corrected chi connectivity index (χ4v) is 5.50. The van der Waals surface area contributed by atoms with Crippen molar-refractivity contribution in [3.63, 3.8) is 0 Å². The van der Waals surface area contributed by atoms with Gasteiger partial charge < -0.3 is 5.73 Å². The average Bonchev–Trinajstić information content (AvgIpc) is 2.40. The van der Waals surface area contributed by atoms with Gasteiger partial charge in [0.25, 0.3) is 0 Å². The number of sulfonamides is 1. The summed E-state index contributed by atoms with van der Waals surface area (Å²) < 4.78 is 28.9. The minimum Gasteiger partial charge on any atom is -0.329 e. The van der Waals surface area contributed by atoms with Gasteiger partial charge in [0, 0.05) is 16.6 Å². The molecule has 0 radical (unpaired) electrons. The van der Waals surface area contributed by atoms with E-state index in [1.807, 2.05) is 0 Å². The smallest absolute Gasteiger partial charge is 0.242 e. The molecular formula is C14H20BrClN2O2S. The van der Waals surface area contributed by atoms with Gasteiger partial charge in [-0.3, -0.25) is 0 Å². The minimum atomic E-state index is -3.69. The lowest BCUT2D eigenvalue weighted by Gasteiger charge is -2.42. The van der Waals surface area contributed by atoms with Crippen molar-refractivity contribution in [2.24, 2.45) is 11.7 Å². The molecule has 0 amide bonds. The second kappa shape index (κ2) is 6.54. The maximum absolute atomic E-state index is 12.7. The molecule has 4 nitrogen and oxygen atoms in total. The Hall–Kier alpha value is -0.140. The zero-order chi connectivity index (χ0) is 15.7. The van der Waals surface area contributed by atoms with E-state index in [9.17, 15) is 8.42 Å². The Bertz CT molecular complexity index is 623. The van der Waals surface area contributed by atoms with Crippen molar-refractivity contribution >= 4 is 37.6 Å². The van der Waals surface area contributed by atoms with E-state index in [1.165, 1.54) is 6.07 Å². The molecule has 0 aliphatic heterocycles. The van der Waals surface area contributed by atoms with E-state index in [4.69, 9.17) is 17.3 Å². The first kappa shape index (κ1) is 17.2. The standard InChI is InChI=1S/C14H20BrClN2O2S/c1-10-4-2-3-7-14(10,9-17)18-21(19,20)13-6-5-11(15)8-12(13)16/h5-6,8,10,18H,2-4,7,9,17H2,1H3. The van der Waals surface area contributed by atoms with Crippen LogP contribution in [0.2, 0.25) is 5.02 Å². The predicted molar refractivity (Wildman–Crippen MR) is 88.9 cm³/mol. The summed E-state index contributed by atoms with van der Waals surface area (Å²) in [5, 5.41) is 0.201. The zero-order valence-electron chi connectivity index (χ0n) is 11.9. The van der Waals surface area contributed by atoms with Crippen LogP contribution in [0, 0.1) is 5.92 Å². The number of hydrogen-bond donors (Lipinski definition) is 2. The van der Waals surface area contributed by atoms with Crippen LogP contribution < -0.4 is 10.5 Å². The highest BCUT2D eigenvalue weighted by Gasteiger charge is 2.40. The molecule has 0 aromatic heterocycles. The summed E-state index contributed by atoms with van der Waals surface area (Å²) in [6, 6.07) is 4.75. The number of halogens is 2. The third-order valence-corrected chi connectivity index (χ3v) is 6.87. The van der Waals surface area contributed by atoms with Crippen LogP contribution in [0.5, 0.6) is 0 Å². The van der Waals surface area contributed by atoms with Crippen LogP contribution in [0.1, 0.15) is 32.6 Å². The van der Waals surface area contributed by atoms with Crippen LogP contribution >= 0.6 is 27.5 Å². The first-order chi connectivity index (χ1) is 9.81. The van der Waals surface area contributed by atoms with E-state index in [-0.39, 0.29) is 15.8 Å². The Morgan fingerprint density at radius 2 is 2.19 bits per heavy atom. The third-order valence-electron chi connectivity index (χ3n) is 4.34. The lowest BCUT2D eigenvalue weighted by atomic mass is 9.74. The molecule has 2 atom stereocenters. The molecule has 1 aliphatic rings. The van der Waals surface area contributed by atoms with Gasteiger partial charge in [-0.25, -0.2) is 13.1 Å². The zero-order valence-corrected chi connectivity index (χ0v) is 15.1. The number of hydrogen-bond acceptors (Lipinski definition) is 3. The first-order valence-corrected chi connectivity index (χ1v) is 9.65. The van der Waals surface area contributed by atoms with Gasteiger partial charge in [-0.2, -0.15) is 0 Å². The minimum absolute atomic E-state index is 0.0953. The summed E-state index contributed by atoms with van der Waals surface area (Å²) in [7, 11) is -3.69. The maximum Gasteiger partial charge on any atom is 0.242 e. The summed E-state index contributed by atoms with van der Waals surface area (Å²) in [6.07, 6.45) is 3.84. The molecule has 1 aromatic carbocycles. The van der Waals surface area contributed by atoms with Crippen molar-refractivity contribution in [3.05, 3.63) is 27.7 Å². The van der Waals surface area contributed by atoms with E-state index in [2.05, 4.69) is 27.6 Å². The Kier molecular flexibility index (Phi) is 5.36. The molecule has 118 valence electrons. The van der Waals surface area contributed by atoms with Crippen molar-refractivity contribution in [1.29, 1.82) is 0 Å². The summed E-state index contributed by atoms with van der Waals surface area (Å²) in [5.41, 5.74) is 5.33. The lowest BCUT2D eigenvalue weighted by Crippen LogP contribution is -2.58. The number of nitrogens with one attached hydrogen (secondary N) is 1. The molecular weight excluding hydrogens is 376 g/mol. The molecule has 2 rings (SSSR count). The molecule has 2 unspecified atom stereocenters. The van der Waals surface area contributed by atoms with Crippen molar-refractivity contribution in [2.75, 3.05) is 6.54 Å². The van der Waals surface area contributed by atoms with Crippen LogP contribution in [0.3, 0.4) is 0 Å². The Labute approximate surface area is 139 Å². The average molecular weight is 396 g/mol. The molecule has 0 bridgehead atoms. The summed E-state index contributed by atoms with van der Waals surface area (Å²) in [4.78, 5) is 0.0953. The topological polar surface area (TPSA) is 72.2 Å². The number of benzene rings is 1. The van der Waals surface area contributed by atoms with Crippen LogP contribution in [-0.4, -0.2) is 20.5 Å². The Balaban J connectivity index is 2.35. The molecule has 3 N–H and O–H groups in total. The van der Waals surface area contributed by atoms with Gasteiger partial charge in [-0.15, -0.1) is 0 Å². The summed E-state index contributed by atoms with van der Waals surface area (Å²) in [6.45, 7) is 2.35. The molecule has 1 aromatic rings. The van der Waals surface area contributed by atoms with E-state index in [0.29, 0.717) is 6.54 Å². The van der Waals surface area contributed by atoms with Gasteiger partial charge >= 0.3 is 0 Å². The number of nitrogens with two attached hydrogens (primary N) is 1. The normalized spacial score (nSPS) is 26.8. The Morgan fingerprint density at radius 1 is 1.48 bits per heavy atom. The Morgan fingerprint density at radius 3 is 2.76 bits per heavy atom. The van der Waals surface area contributed by atoms with Gasteiger partial charge in [0.1, 0.15) is 4.90 Å². The quantitative estimate of drug-likeness (QED) is 0.821. The predicted octanol–water partition coefficient (Wildman–Crippen LogP) is 3.29. The van der Waals surface area contributed by atoms with Crippen molar-refractivity contribution in [3.8, 4) is 0 Å². The van der Waals surface area contributed by atoms with Crippen molar-refractivity contribution in [2.45, 2.75) is 43.0 Å². The van der Waals surface area contributed by atoms with E-state index in [1.54, 1.807) is 12.1 Å². The number of rotatable bonds is 4. The summed E-state index contributed by atoms with van der Waals surface area (Å²) >= 11 is 9.35. The monoisotopic (exact) mass is 394 g/mol. The maximum atomic E-state index is 12.7. The molecule has 0 heterocycles. The SMILES string of the molecule is CC1CCCCC1(CN)NS(=O)(=O)c1ccc(Br)cc1Cl. The second-order valence-corrected chi connectivity index (χ2v) is 8.66. The van der Waals surface area contributed by atoms with Gasteiger partial charge in [-0.1, -0.05) is 47.3 Å². The van der Waals surface area contributed by atoms with Crippen LogP contribution in [0.15, 0.2) is 27.6 Å².